The van der Waals surface area contributed by atoms with Crippen LogP contribution in [0, 0.1) is 19.8 Å². The minimum absolute atomic E-state index is 0.0769. The second-order valence-electron chi connectivity index (χ2n) is 11.1. The molecule has 2 heterocycles. The Morgan fingerprint density at radius 3 is 2.23 bits per heavy atom. The van der Waals surface area contributed by atoms with Gasteiger partial charge in [-0.05, 0) is 86.4 Å². The molecule has 6 nitrogen and oxygen atoms in total. The molecule has 0 saturated heterocycles. The van der Waals surface area contributed by atoms with Gasteiger partial charge in [0.2, 0.25) is 0 Å². The first kappa shape index (κ1) is 31.1. The number of alkyl halides is 6. The van der Waals surface area contributed by atoms with Crippen LogP contribution < -0.4 is 4.74 Å². The van der Waals surface area contributed by atoms with E-state index in [1.54, 1.807) is 25.1 Å². The molecule has 0 amide bonds. The molecular weight excluding hydrogens is 588 g/mol. The van der Waals surface area contributed by atoms with Crippen molar-refractivity contribution >= 4 is 5.97 Å². The number of rotatable bonds is 7. The lowest BCUT2D eigenvalue weighted by Gasteiger charge is -2.30. The van der Waals surface area contributed by atoms with Crippen molar-refractivity contribution in [2.75, 3.05) is 0 Å². The summed E-state index contributed by atoms with van der Waals surface area (Å²) in [7, 11) is 0. The van der Waals surface area contributed by atoms with Crippen LogP contribution in [0.25, 0.3) is 17.1 Å². The largest absolute Gasteiger partial charge is 0.488 e. The normalized spacial score (nSPS) is 17.5. The fourth-order valence-corrected chi connectivity index (χ4v) is 5.62. The lowest BCUT2D eigenvalue weighted by molar-refractivity contribution is -0.182. The third-order valence-corrected chi connectivity index (χ3v) is 7.89. The van der Waals surface area contributed by atoms with Crippen molar-refractivity contribution in [3.63, 3.8) is 0 Å². The van der Waals surface area contributed by atoms with Crippen molar-refractivity contribution in [1.82, 2.24) is 14.8 Å². The van der Waals surface area contributed by atoms with E-state index in [9.17, 15) is 36.2 Å². The second-order valence-corrected chi connectivity index (χ2v) is 11.1. The average molecular weight is 618 g/mol. The van der Waals surface area contributed by atoms with Crippen LogP contribution in [0.3, 0.4) is 0 Å². The van der Waals surface area contributed by atoms with E-state index in [0.29, 0.717) is 46.3 Å². The van der Waals surface area contributed by atoms with Gasteiger partial charge in [-0.1, -0.05) is 35.9 Å². The number of carbonyl (C=O) groups is 1. The van der Waals surface area contributed by atoms with Crippen molar-refractivity contribution in [3.05, 3.63) is 94.3 Å². The zero-order valence-corrected chi connectivity index (χ0v) is 23.8. The molecule has 2 aromatic carbocycles. The molecule has 0 spiro atoms. The predicted octanol–water partition coefficient (Wildman–Crippen LogP) is 8.68. The Kier molecular flexibility index (Phi) is 8.46. The van der Waals surface area contributed by atoms with E-state index in [0.717, 1.165) is 16.7 Å². The topological polar surface area (TPSA) is 77.2 Å². The summed E-state index contributed by atoms with van der Waals surface area (Å²) >= 11 is 0. The summed E-state index contributed by atoms with van der Waals surface area (Å²) in [4.78, 5) is 15.9. The molecule has 0 unspecified atom stereocenters. The lowest BCUT2D eigenvalue weighted by Crippen LogP contribution is -2.27. The van der Waals surface area contributed by atoms with Crippen molar-refractivity contribution in [2.45, 2.75) is 64.4 Å². The van der Waals surface area contributed by atoms with Gasteiger partial charge in [0.05, 0.1) is 17.8 Å². The van der Waals surface area contributed by atoms with Crippen LogP contribution in [-0.4, -0.2) is 32.0 Å². The minimum atomic E-state index is -4.99. The van der Waals surface area contributed by atoms with Crippen LogP contribution in [0.2, 0.25) is 0 Å². The summed E-state index contributed by atoms with van der Waals surface area (Å²) in [6.45, 7) is 3.69. The van der Waals surface area contributed by atoms with Crippen molar-refractivity contribution < 1.29 is 41.0 Å². The Morgan fingerprint density at radius 1 is 0.932 bits per heavy atom. The van der Waals surface area contributed by atoms with E-state index in [1.807, 2.05) is 37.3 Å². The summed E-state index contributed by atoms with van der Waals surface area (Å²) in [6.07, 6.45) is -7.27. The van der Waals surface area contributed by atoms with Gasteiger partial charge in [0.25, 0.3) is 0 Å². The Hall–Kier alpha value is -4.35. The number of hydrogen-bond donors (Lipinski definition) is 1. The van der Waals surface area contributed by atoms with Gasteiger partial charge < -0.3 is 9.84 Å². The quantitative estimate of drug-likeness (QED) is 0.210. The molecule has 12 heteroatoms. The number of ether oxygens (including phenoxy) is 1. The molecule has 2 aromatic heterocycles. The van der Waals surface area contributed by atoms with E-state index in [2.05, 4.69) is 10.1 Å². The van der Waals surface area contributed by atoms with Crippen molar-refractivity contribution in [1.29, 1.82) is 0 Å². The highest BCUT2D eigenvalue weighted by molar-refractivity contribution is 5.89. The molecule has 0 aliphatic heterocycles. The number of halogens is 6. The number of pyridine rings is 1. The molecule has 0 bridgehead atoms. The standard InChI is InChI=1S/C32H29F6N3O3/c1-18-3-12-27(44-17-20-4-6-21(7-5-20)22-8-10-23(11-9-22)31(33,34)35)24(13-18)26-14-19(2)15-28(40-26)41-29(32(36,37)38)25(16-39-41)30(42)43/h3-7,12-16,22-23H,8-11,17H2,1-2H3,(H,42,43). The smallest absolute Gasteiger partial charge is 0.434 e. The first-order chi connectivity index (χ1) is 20.7. The average Bonchev–Trinajstić information content (AvgIpc) is 3.43. The number of carboxylic acid groups (broad SMARTS) is 1. The number of nitrogens with zero attached hydrogens (tertiary/aromatic N) is 3. The summed E-state index contributed by atoms with van der Waals surface area (Å²) in [6, 6.07) is 16.0. The summed E-state index contributed by atoms with van der Waals surface area (Å²) < 4.78 is 87.3. The van der Waals surface area contributed by atoms with Gasteiger partial charge >= 0.3 is 18.3 Å². The van der Waals surface area contributed by atoms with Gasteiger partial charge in [0, 0.05) is 5.56 Å². The number of hydrogen-bond acceptors (Lipinski definition) is 4. The number of aromatic carboxylic acids is 1. The molecule has 1 aliphatic rings. The van der Waals surface area contributed by atoms with Crippen molar-refractivity contribution in [3.8, 4) is 22.8 Å². The molecule has 0 atom stereocenters. The Morgan fingerprint density at radius 2 is 1.61 bits per heavy atom. The highest BCUT2D eigenvalue weighted by Crippen LogP contribution is 2.43. The first-order valence-corrected chi connectivity index (χ1v) is 14.0. The molecular formula is C32H29F6N3O3. The van der Waals surface area contributed by atoms with E-state index in [1.165, 1.54) is 6.07 Å². The summed E-state index contributed by atoms with van der Waals surface area (Å²) in [5, 5.41) is 13.0. The van der Waals surface area contributed by atoms with Gasteiger partial charge in [-0.3, -0.25) is 0 Å². The Bertz CT molecular complexity index is 1650. The molecule has 1 fully saturated rings. The maximum absolute atomic E-state index is 13.9. The maximum atomic E-state index is 13.9. The van der Waals surface area contributed by atoms with Crippen LogP contribution >= 0.6 is 0 Å². The van der Waals surface area contributed by atoms with Gasteiger partial charge in [0.15, 0.2) is 11.5 Å². The van der Waals surface area contributed by atoms with E-state index < -0.39 is 35.5 Å². The molecule has 4 aromatic rings. The van der Waals surface area contributed by atoms with Gasteiger partial charge in [-0.25, -0.2) is 14.5 Å². The van der Waals surface area contributed by atoms with E-state index in [-0.39, 0.29) is 31.2 Å². The van der Waals surface area contributed by atoms with E-state index >= 15 is 0 Å². The third-order valence-electron chi connectivity index (χ3n) is 7.89. The fourth-order valence-electron chi connectivity index (χ4n) is 5.62. The molecule has 1 saturated carbocycles. The van der Waals surface area contributed by atoms with Crippen LogP contribution in [0.1, 0.15) is 69.9 Å². The molecule has 5 rings (SSSR count). The van der Waals surface area contributed by atoms with Crippen LogP contribution in [0.15, 0.2) is 60.8 Å². The maximum Gasteiger partial charge on any atom is 0.434 e. The zero-order chi connectivity index (χ0) is 31.8. The number of aromatic nitrogens is 3. The molecule has 0 radical (unpaired) electrons. The number of benzene rings is 2. The van der Waals surface area contributed by atoms with Gasteiger partial charge in [-0.15, -0.1) is 0 Å². The minimum Gasteiger partial charge on any atom is -0.488 e. The third kappa shape index (κ3) is 6.74. The molecule has 44 heavy (non-hydrogen) atoms. The Labute approximate surface area is 249 Å². The first-order valence-electron chi connectivity index (χ1n) is 14.0. The molecule has 1 N–H and O–H groups in total. The predicted molar refractivity (Wildman–Crippen MR) is 150 cm³/mol. The summed E-state index contributed by atoms with van der Waals surface area (Å²) in [5.74, 6) is -2.69. The number of aryl methyl sites for hydroxylation is 2. The lowest BCUT2D eigenvalue weighted by atomic mass is 9.78. The highest BCUT2D eigenvalue weighted by Gasteiger charge is 2.42. The van der Waals surface area contributed by atoms with Crippen LogP contribution in [0.4, 0.5) is 26.3 Å². The van der Waals surface area contributed by atoms with Crippen LogP contribution in [0.5, 0.6) is 5.75 Å². The SMILES string of the molecule is Cc1cc(-c2cc(C)ccc2OCc2ccc(C3CCC(C(F)(F)F)CC3)cc2)nc(-n2ncc(C(=O)O)c2C(F)(F)F)c1. The highest BCUT2D eigenvalue weighted by atomic mass is 19.4. The van der Waals surface area contributed by atoms with E-state index in [4.69, 9.17) is 4.74 Å². The number of carboxylic acids is 1. The monoisotopic (exact) mass is 617 g/mol. The molecule has 232 valence electrons. The zero-order valence-electron chi connectivity index (χ0n) is 23.8. The fraction of sp³-hybridized carbons (Fsp3) is 0.344. The summed E-state index contributed by atoms with van der Waals surface area (Å²) in [5.41, 5.74) is 1.65. The van der Waals surface area contributed by atoms with Gasteiger partial charge in [-0.2, -0.15) is 31.4 Å². The molecule has 1 aliphatic carbocycles. The van der Waals surface area contributed by atoms with Gasteiger partial charge in [0.1, 0.15) is 17.9 Å². The second kappa shape index (κ2) is 12.0. The van der Waals surface area contributed by atoms with Crippen molar-refractivity contribution in [2.24, 2.45) is 5.92 Å². The Balaban J connectivity index is 1.37. The van der Waals surface area contributed by atoms with Crippen LogP contribution in [-0.2, 0) is 12.8 Å².